The second kappa shape index (κ2) is 5.16. The smallest absolute Gasteiger partial charge is 0.251 e. The first-order valence-electron chi connectivity index (χ1n) is 9.05. The van der Waals surface area contributed by atoms with Crippen molar-refractivity contribution in [1.82, 2.24) is 4.90 Å². The van der Waals surface area contributed by atoms with Crippen molar-refractivity contribution >= 4 is 23.2 Å². The second-order valence-electron chi connectivity index (χ2n) is 7.65. The van der Waals surface area contributed by atoms with Gasteiger partial charge in [-0.1, -0.05) is 42.5 Å². The number of fused-ring (bicyclic) bond motifs is 4. The number of benzene rings is 2. The van der Waals surface area contributed by atoms with Gasteiger partial charge in [-0.15, -0.1) is 0 Å². The Bertz CT molecular complexity index is 1190. The highest BCUT2D eigenvalue weighted by Crippen LogP contribution is 2.67. The number of likely N-dealkylation sites (tertiary alicyclic amines) is 1. The number of hydrogen-bond acceptors (Lipinski definition) is 6. The molecule has 29 heavy (non-hydrogen) atoms. The molecule has 0 radical (unpaired) electrons. The molecule has 2 aromatic rings. The molecule has 5 rings (SSSR count). The molecule has 1 atom stereocenters. The second-order valence-corrected chi connectivity index (χ2v) is 7.65. The van der Waals surface area contributed by atoms with Crippen LogP contribution in [0, 0.1) is 33.5 Å². The van der Waals surface area contributed by atoms with Gasteiger partial charge < -0.3 is 5.32 Å². The number of amides is 1. The zero-order valence-corrected chi connectivity index (χ0v) is 15.4. The third kappa shape index (κ3) is 1.50. The molecule has 7 heteroatoms. The van der Waals surface area contributed by atoms with Gasteiger partial charge in [-0.2, -0.15) is 10.5 Å². The first kappa shape index (κ1) is 17.3. The summed E-state index contributed by atoms with van der Waals surface area (Å²) in [4.78, 5) is 42.8. The van der Waals surface area contributed by atoms with Gasteiger partial charge in [0.1, 0.15) is 0 Å². The van der Waals surface area contributed by atoms with E-state index >= 15 is 0 Å². The summed E-state index contributed by atoms with van der Waals surface area (Å²) in [7, 11) is 1.57. The Kier molecular flexibility index (Phi) is 3.08. The van der Waals surface area contributed by atoms with E-state index < -0.39 is 33.8 Å². The number of nitrogens with one attached hydrogen (secondary N) is 1. The highest BCUT2D eigenvalue weighted by molar-refractivity contribution is 6.35. The van der Waals surface area contributed by atoms with Crippen LogP contribution in [0.2, 0.25) is 0 Å². The van der Waals surface area contributed by atoms with E-state index in [4.69, 9.17) is 0 Å². The maximum Gasteiger partial charge on any atom is 0.251 e. The third-order valence-corrected chi connectivity index (χ3v) is 6.60. The predicted octanol–water partition coefficient (Wildman–Crippen LogP) is 1.88. The van der Waals surface area contributed by atoms with Crippen molar-refractivity contribution in [2.24, 2.45) is 10.8 Å². The van der Waals surface area contributed by atoms with E-state index in [1.165, 1.54) is 17.0 Å². The fourth-order valence-electron chi connectivity index (χ4n) is 5.55. The third-order valence-electron chi connectivity index (χ3n) is 6.60. The minimum Gasteiger partial charge on any atom is -0.324 e. The molecule has 2 heterocycles. The van der Waals surface area contributed by atoms with Crippen LogP contribution in [0.15, 0.2) is 48.5 Å². The molecule has 7 nitrogen and oxygen atoms in total. The van der Waals surface area contributed by atoms with E-state index in [1.807, 2.05) is 12.1 Å². The number of para-hydroxylation sites is 1. The summed E-state index contributed by atoms with van der Waals surface area (Å²) in [6, 6.07) is 17.0. The minimum absolute atomic E-state index is 0.138. The number of nitriles is 2. The van der Waals surface area contributed by atoms with E-state index in [-0.39, 0.29) is 17.7 Å². The normalized spacial score (nSPS) is 25.6. The lowest BCUT2D eigenvalue weighted by molar-refractivity contribution is -0.129. The van der Waals surface area contributed by atoms with Crippen LogP contribution in [-0.2, 0) is 10.3 Å². The van der Waals surface area contributed by atoms with E-state index in [1.54, 1.807) is 43.4 Å². The number of Topliss-reactive ketones (excluding diaryl/α,β-unsaturated/α-hetero) is 2. The van der Waals surface area contributed by atoms with Crippen LogP contribution in [0.3, 0.4) is 0 Å². The molecular weight excluding hydrogens is 368 g/mol. The average molecular weight is 382 g/mol. The van der Waals surface area contributed by atoms with Crippen molar-refractivity contribution in [2.75, 3.05) is 18.9 Å². The number of nitrogens with zero attached hydrogens (tertiary/aromatic N) is 3. The van der Waals surface area contributed by atoms with Crippen molar-refractivity contribution in [3.05, 3.63) is 65.2 Å². The summed E-state index contributed by atoms with van der Waals surface area (Å²) in [5.41, 5.74) is -4.84. The maximum atomic E-state index is 13.9. The van der Waals surface area contributed by atoms with Crippen LogP contribution in [0.4, 0.5) is 5.69 Å². The molecule has 1 amide bonds. The Balaban J connectivity index is 1.98. The van der Waals surface area contributed by atoms with Gasteiger partial charge in [0.25, 0.3) is 5.91 Å². The Morgan fingerprint density at radius 3 is 2.07 bits per heavy atom. The zero-order valence-electron chi connectivity index (χ0n) is 15.4. The molecule has 1 fully saturated rings. The fourth-order valence-corrected chi connectivity index (χ4v) is 5.55. The summed E-state index contributed by atoms with van der Waals surface area (Å²) in [5, 5.41) is 23.0. The van der Waals surface area contributed by atoms with Crippen molar-refractivity contribution in [3.8, 4) is 12.1 Å². The topological polar surface area (TPSA) is 114 Å². The van der Waals surface area contributed by atoms with Gasteiger partial charge in [-0.25, -0.2) is 0 Å². The number of anilines is 1. The summed E-state index contributed by atoms with van der Waals surface area (Å²) in [6.45, 7) is -0.215. The molecule has 1 N–H and O–H groups in total. The molecule has 0 bridgehead atoms. The first-order chi connectivity index (χ1) is 13.9. The van der Waals surface area contributed by atoms with Crippen LogP contribution in [0.5, 0.6) is 0 Å². The number of ketones is 2. The quantitative estimate of drug-likeness (QED) is 0.696. The van der Waals surface area contributed by atoms with Crippen LogP contribution in [-0.4, -0.2) is 36.0 Å². The van der Waals surface area contributed by atoms with E-state index in [2.05, 4.69) is 5.32 Å². The van der Waals surface area contributed by atoms with Crippen molar-refractivity contribution in [1.29, 1.82) is 10.5 Å². The van der Waals surface area contributed by atoms with Crippen molar-refractivity contribution in [3.63, 3.8) is 0 Å². The van der Waals surface area contributed by atoms with Crippen LogP contribution in [0.1, 0.15) is 26.3 Å². The fraction of sp³-hybridized carbons (Fsp3) is 0.227. The molecule has 0 aromatic heterocycles. The molecule has 140 valence electrons. The monoisotopic (exact) mass is 382 g/mol. The lowest BCUT2D eigenvalue weighted by Gasteiger charge is -2.42. The molecule has 2 spiro atoms. The average Bonchev–Trinajstić information content (AvgIpc) is 3.26. The molecule has 2 aromatic carbocycles. The van der Waals surface area contributed by atoms with E-state index in [0.717, 1.165) is 0 Å². The van der Waals surface area contributed by atoms with Crippen molar-refractivity contribution < 1.29 is 14.4 Å². The highest BCUT2D eigenvalue weighted by atomic mass is 16.2. The van der Waals surface area contributed by atoms with Gasteiger partial charge in [0.15, 0.2) is 27.9 Å². The van der Waals surface area contributed by atoms with Gasteiger partial charge in [-0.3, -0.25) is 19.3 Å². The van der Waals surface area contributed by atoms with Gasteiger partial charge in [-0.05, 0) is 13.1 Å². The van der Waals surface area contributed by atoms with Crippen LogP contribution >= 0.6 is 0 Å². The van der Waals surface area contributed by atoms with Gasteiger partial charge in [0.2, 0.25) is 0 Å². The summed E-state index contributed by atoms with van der Waals surface area (Å²) in [5.74, 6) is -1.89. The molecule has 0 unspecified atom stereocenters. The van der Waals surface area contributed by atoms with Gasteiger partial charge >= 0.3 is 0 Å². The minimum atomic E-state index is -2.20. The molecule has 2 aliphatic heterocycles. The Hall–Kier alpha value is -3.81. The molecule has 1 aliphatic carbocycles. The molecular formula is C22H14N4O3. The van der Waals surface area contributed by atoms with Crippen LogP contribution in [0.25, 0.3) is 0 Å². The zero-order chi connectivity index (χ0) is 20.6. The SMILES string of the molecule is CN1CC(C#N)(C#N)C2(C(=O)c3ccccc3C2=O)[C@]12C(=O)Nc1ccccc12. The Labute approximate surface area is 166 Å². The standard InChI is InChI=1S/C22H14N4O3/c1-26-12-20(10-23,11-24)21(17(27)13-6-2-3-7-14(13)18(21)28)22(26)15-8-4-5-9-16(15)25-19(22)29/h2-9H,12H2,1H3,(H,25,29)/t22-/m0/s1. The number of likely N-dealkylation sites (N-methyl/N-ethyl adjacent to an activating group) is 1. The molecule has 1 saturated heterocycles. The van der Waals surface area contributed by atoms with Gasteiger partial charge in [0.05, 0.1) is 12.1 Å². The van der Waals surface area contributed by atoms with Crippen molar-refractivity contribution in [2.45, 2.75) is 5.54 Å². The van der Waals surface area contributed by atoms with Gasteiger partial charge in [0, 0.05) is 28.9 Å². The summed E-state index contributed by atoms with van der Waals surface area (Å²) in [6.07, 6.45) is 0. The predicted molar refractivity (Wildman–Crippen MR) is 101 cm³/mol. The van der Waals surface area contributed by atoms with Crippen LogP contribution < -0.4 is 5.32 Å². The number of rotatable bonds is 0. The maximum absolute atomic E-state index is 13.9. The lowest BCUT2D eigenvalue weighted by atomic mass is 9.54. The number of hydrogen-bond donors (Lipinski definition) is 1. The first-order valence-corrected chi connectivity index (χ1v) is 9.05. The summed E-state index contributed by atoms with van der Waals surface area (Å²) >= 11 is 0. The number of carbonyl (C=O) groups is 3. The Morgan fingerprint density at radius 2 is 1.48 bits per heavy atom. The molecule has 0 saturated carbocycles. The highest BCUT2D eigenvalue weighted by Gasteiger charge is 2.85. The largest absolute Gasteiger partial charge is 0.324 e. The molecule has 3 aliphatic rings. The lowest BCUT2D eigenvalue weighted by Crippen LogP contribution is -2.62. The van der Waals surface area contributed by atoms with E-state index in [9.17, 15) is 24.9 Å². The number of carbonyl (C=O) groups excluding carboxylic acids is 3. The summed E-state index contributed by atoms with van der Waals surface area (Å²) < 4.78 is 0. The Morgan fingerprint density at radius 1 is 0.931 bits per heavy atom. The van der Waals surface area contributed by atoms with E-state index in [0.29, 0.717) is 11.3 Å².